The van der Waals surface area contributed by atoms with Crippen LogP contribution in [0.2, 0.25) is 0 Å². The van der Waals surface area contributed by atoms with Crippen LogP contribution in [-0.2, 0) is 21.1 Å². The van der Waals surface area contributed by atoms with Gasteiger partial charge in [0.05, 0.1) is 23.6 Å². The number of nitriles is 1. The predicted molar refractivity (Wildman–Crippen MR) is 93.3 cm³/mol. The van der Waals surface area contributed by atoms with Crippen molar-refractivity contribution in [2.24, 2.45) is 4.99 Å². The van der Waals surface area contributed by atoms with Gasteiger partial charge in [0, 0.05) is 11.8 Å². The van der Waals surface area contributed by atoms with Crippen LogP contribution in [0.4, 0.5) is 0 Å². The van der Waals surface area contributed by atoms with Gasteiger partial charge in [0.25, 0.3) is 5.91 Å². The van der Waals surface area contributed by atoms with Crippen LogP contribution in [-0.4, -0.2) is 53.7 Å². The average molecular weight is 363 g/mol. The summed E-state index contributed by atoms with van der Waals surface area (Å²) in [6.07, 6.45) is 0.486. The fraction of sp³-hybridized carbons (Fsp3) is 0.438. The largest absolute Gasteiger partial charge is 0.346 e. The number of hydrogen-bond acceptors (Lipinski definition) is 5. The number of carbonyl (C=O) groups is 1. The standard InChI is InChI=1S/C16H17N3O3S2/c17-8-6-15(20)18-16-19(9-7-12-4-2-1-3-5-12)13-10-24(21,22)11-14(13)23-16/h1-5,13-14H,6-7,9-11H2/t13-,14-/m0/s1. The molecule has 0 unspecified atom stereocenters. The lowest BCUT2D eigenvalue weighted by atomic mass is 10.1. The number of amidine groups is 1. The van der Waals surface area contributed by atoms with Gasteiger partial charge in [-0.2, -0.15) is 10.3 Å². The number of thioether (sulfide) groups is 1. The highest BCUT2D eigenvalue weighted by molar-refractivity contribution is 8.15. The second-order valence-corrected chi connectivity index (χ2v) is 9.21. The Hall–Kier alpha value is -1.85. The molecule has 1 aromatic rings. The summed E-state index contributed by atoms with van der Waals surface area (Å²) in [6.45, 7) is 0.604. The van der Waals surface area contributed by atoms with E-state index < -0.39 is 15.7 Å². The summed E-state index contributed by atoms with van der Waals surface area (Å²) in [7, 11) is -3.04. The molecule has 0 aromatic heterocycles. The molecular formula is C16H17N3O3S2. The number of benzene rings is 1. The fourth-order valence-corrected chi connectivity index (χ4v) is 7.00. The van der Waals surface area contributed by atoms with Gasteiger partial charge in [0.2, 0.25) is 0 Å². The van der Waals surface area contributed by atoms with Crippen LogP contribution in [0.3, 0.4) is 0 Å². The molecule has 0 radical (unpaired) electrons. The van der Waals surface area contributed by atoms with Gasteiger partial charge in [0.15, 0.2) is 15.0 Å². The lowest BCUT2D eigenvalue weighted by molar-refractivity contribution is -0.116. The zero-order chi connectivity index (χ0) is 17.2. The third-order valence-corrected chi connectivity index (χ3v) is 7.36. The number of nitrogens with zero attached hydrogens (tertiary/aromatic N) is 3. The first-order valence-electron chi connectivity index (χ1n) is 7.64. The first-order chi connectivity index (χ1) is 11.5. The zero-order valence-electron chi connectivity index (χ0n) is 13.0. The van der Waals surface area contributed by atoms with E-state index in [1.807, 2.05) is 35.2 Å². The molecule has 0 aliphatic carbocycles. The molecule has 0 N–H and O–H groups in total. The first kappa shape index (κ1) is 17.0. The maximum Gasteiger partial charge on any atom is 0.262 e. The second-order valence-electron chi connectivity index (χ2n) is 5.85. The molecule has 3 rings (SSSR count). The van der Waals surface area contributed by atoms with Gasteiger partial charge in [0.1, 0.15) is 6.42 Å². The molecule has 2 saturated heterocycles. The molecule has 1 aromatic carbocycles. The number of fused-ring (bicyclic) bond motifs is 1. The van der Waals surface area contributed by atoms with E-state index in [0.29, 0.717) is 11.7 Å². The van der Waals surface area contributed by atoms with Crippen LogP contribution in [0.25, 0.3) is 0 Å². The van der Waals surface area contributed by atoms with Crippen LogP contribution < -0.4 is 0 Å². The smallest absolute Gasteiger partial charge is 0.262 e. The highest BCUT2D eigenvalue weighted by Crippen LogP contribution is 2.38. The highest BCUT2D eigenvalue weighted by atomic mass is 32.2. The van der Waals surface area contributed by atoms with Crippen LogP contribution in [0.15, 0.2) is 35.3 Å². The van der Waals surface area contributed by atoms with Gasteiger partial charge in [-0.1, -0.05) is 42.1 Å². The highest BCUT2D eigenvalue weighted by Gasteiger charge is 2.48. The number of aliphatic imine (C=N–C) groups is 1. The monoisotopic (exact) mass is 363 g/mol. The Morgan fingerprint density at radius 1 is 1.33 bits per heavy atom. The Morgan fingerprint density at radius 3 is 2.79 bits per heavy atom. The van der Waals surface area contributed by atoms with E-state index in [1.54, 1.807) is 6.07 Å². The summed E-state index contributed by atoms with van der Waals surface area (Å²) in [5, 5.41) is 9.09. The quantitative estimate of drug-likeness (QED) is 0.799. The van der Waals surface area contributed by atoms with Crippen molar-refractivity contribution in [3.63, 3.8) is 0 Å². The van der Waals surface area contributed by atoms with Gasteiger partial charge < -0.3 is 4.90 Å². The first-order valence-corrected chi connectivity index (χ1v) is 10.3. The van der Waals surface area contributed by atoms with Crippen molar-refractivity contribution in [3.05, 3.63) is 35.9 Å². The van der Waals surface area contributed by atoms with E-state index in [2.05, 4.69) is 4.99 Å². The maximum atomic E-state index is 11.9. The van der Waals surface area contributed by atoms with Crippen LogP contribution >= 0.6 is 11.8 Å². The fourth-order valence-electron chi connectivity index (χ4n) is 3.01. The number of rotatable bonds is 4. The van der Waals surface area contributed by atoms with E-state index >= 15 is 0 Å². The van der Waals surface area contributed by atoms with Crippen LogP contribution in [0, 0.1) is 11.3 Å². The predicted octanol–water partition coefficient (Wildman–Crippen LogP) is 1.24. The third-order valence-electron chi connectivity index (χ3n) is 4.11. The summed E-state index contributed by atoms with van der Waals surface area (Å²) < 4.78 is 23.8. The van der Waals surface area contributed by atoms with Crippen molar-refractivity contribution in [2.75, 3.05) is 18.1 Å². The second kappa shape index (κ2) is 6.95. The van der Waals surface area contributed by atoms with Crippen molar-refractivity contribution in [1.82, 2.24) is 4.90 Å². The minimum Gasteiger partial charge on any atom is -0.346 e. The van der Waals surface area contributed by atoms with E-state index in [4.69, 9.17) is 5.26 Å². The van der Waals surface area contributed by atoms with Gasteiger partial charge in [-0.25, -0.2) is 8.42 Å². The molecule has 2 atom stereocenters. The number of amides is 1. The lowest BCUT2D eigenvalue weighted by Gasteiger charge is -2.24. The summed E-state index contributed by atoms with van der Waals surface area (Å²) in [6, 6.07) is 11.6. The lowest BCUT2D eigenvalue weighted by Crippen LogP contribution is -2.39. The van der Waals surface area contributed by atoms with Gasteiger partial charge in [-0.05, 0) is 12.0 Å². The van der Waals surface area contributed by atoms with Gasteiger partial charge in [-0.3, -0.25) is 4.79 Å². The van der Waals surface area contributed by atoms with Gasteiger partial charge in [-0.15, -0.1) is 0 Å². The number of carbonyl (C=O) groups excluding carboxylic acids is 1. The topological polar surface area (TPSA) is 90.6 Å². The molecule has 0 saturated carbocycles. The molecule has 8 heteroatoms. The number of sulfone groups is 1. The minimum absolute atomic E-state index is 0.0839. The van der Waals surface area contributed by atoms with Crippen molar-refractivity contribution >= 4 is 32.7 Å². The Labute approximate surface area is 145 Å². The molecule has 2 aliphatic heterocycles. The van der Waals surface area contributed by atoms with E-state index in [9.17, 15) is 13.2 Å². The SMILES string of the molecule is N#CCC(=O)N=C1S[C@H]2CS(=O)(=O)C[C@@H]2N1CCc1ccccc1. The molecule has 2 fully saturated rings. The Balaban J connectivity index is 1.79. The molecule has 6 nitrogen and oxygen atoms in total. The summed E-state index contributed by atoms with van der Waals surface area (Å²) in [4.78, 5) is 17.7. The molecule has 1 amide bonds. The summed E-state index contributed by atoms with van der Waals surface area (Å²) in [5.74, 6) is -0.256. The Bertz CT molecular complexity index is 800. The van der Waals surface area contributed by atoms with E-state index in [1.165, 1.54) is 11.8 Å². The molecule has 24 heavy (non-hydrogen) atoms. The van der Waals surface area contributed by atoms with Crippen LogP contribution in [0.5, 0.6) is 0 Å². The molecule has 0 bridgehead atoms. The van der Waals surface area contributed by atoms with E-state index in [-0.39, 0.29) is 29.2 Å². The number of hydrogen-bond donors (Lipinski definition) is 0. The average Bonchev–Trinajstić information content (AvgIpc) is 2.98. The van der Waals surface area contributed by atoms with Crippen molar-refractivity contribution in [3.8, 4) is 6.07 Å². The molecular weight excluding hydrogens is 346 g/mol. The van der Waals surface area contributed by atoms with E-state index in [0.717, 1.165) is 12.0 Å². The molecule has 126 valence electrons. The third kappa shape index (κ3) is 3.79. The zero-order valence-corrected chi connectivity index (χ0v) is 14.6. The summed E-state index contributed by atoms with van der Waals surface area (Å²) >= 11 is 1.35. The van der Waals surface area contributed by atoms with Crippen molar-refractivity contribution in [2.45, 2.75) is 24.1 Å². The van der Waals surface area contributed by atoms with Crippen LogP contribution in [0.1, 0.15) is 12.0 Å². The minimum atomic E-state index is -3.04. The molecule has 2 aliphatic rings. The Morgan fingerprint density at radius 2 is 2.08 bits per heavy atom. The Kier molecular flexibility index (Phi) is 4.92. The maximum absolute atomic E-state index is 11.9. The summed E-state index contributed by atoms with van der Waals surface area (Å²) in [5.41, 5.74) is 1.15. The normalized spacial score (nSPS) is 26.3. The molecule has 0 spiro atoms. The van der Waals surface area contributed by atoms with Gasteiger partial charge >= 0.3 is 0 Å². The van der Waals surface area contributed by atoms with Crippen molar-refractivity contribution < 1.29 is 13.2 Å². The molecule has 2 heterocycles. The van der Waals surface area contributed by atoms with Crippen molar-refractivity contribution in [1.29, 1.82) is 5.26 Å².